The monoisotopic (exact) mass is 272 g/mol. The van der Waals surface area contributed by atoms with Gasteiger partial charge in [0.2, 0.25) is 5.76 Å². The third kappa shape index (κ3) is 2.84. The van der Waals surface area contributed by atoms with Crippen molar-refractivity contribution in [3.63, 3.8) is 0 Å². The fourth-order valence-corrected chi connectivity index (χ4v) is 1.56. The van der Waals surface area contributed by atoms with Gasteiger partial charge in [0.15, 0.2) is 5.43 Å². The summed E-state index contributed by atoms with van der Waals surface area (Å²) in [6.45, 7) is 0. The van der Waals surface area contributed by atoms with E-state index in [1.165, 1.54) is 18.2 Å². The fraction of sp³-hybridized carbons (Fsp3) is 0.0714. The maximum absolute atomic E-state index is 11.8. The smallest absolute Gasteiger partial charge is 0.371 e. The minimum Gasteiger partial charge on any atom is -0.481 e. The molecule has 100 valence electrons. The third-order valence-electron chi connectivity index (χ3n) is 2.41. The molecule has 0 saturated heterocycles. The summed E-state index contributed by atoms with van der Waals surface area (Å²) in [5, 5.41) is 17.4. The summed E-state index contributed by atoms with van der Waals surface area (Å²) in [5.74, 6) is 2.24. The minimum absolute atomic E-state index is 0.138. The van der Waals surface area contributed by atoms with Gasteiger partial charge in [0, 0.05) is 11.6 Å². The maximum atomic E-state index is 11.8. The molecular weight excluding hydrogens is 264 g/mol. The van der Waals surface area contributed by atoms with Gasteiger partial charge in [0.05, 0.1) is 5.39 Å². The topological polar surface area (TPSA) is 105 Å². The molecule has 20 heavy (non-hydrogen) atoms. The number of fused-ring (bicyclic) bond motifs is 1. The average molecular weight is 272 g/mol. The van der Waals surface area contributed by atoms with Crippen molar-refractivity contribution < 1.29 is 24.2 Å². The summed E-state index contributed by atoms with van der Waals surface area (Å²) < 4.78 is 5.06. The van der Waals surface area contributed by atoms with E-state index in [0.717, 1.165) is 6.07 Å². The van der Waals surface area contributed by atoms with E-state index < -0.39 is 23.1 Å². The molecule has 6 nitrogen and oxygen atoms in total. The summed E-state index contributed by atoms with van der Waals surface area (Å²) in [7, 11) is 0. The summed E-state index contributed by atoms with van der Waals surface area (Å²) in [6, 6.07) is 5.26. The molecule has 0 amide bonds. The predicted molar refractivity (Wildman–Crippen MR) is 68.6 cm³/mol. The Hall–Kier alpha value is -3.07. The highest BCUT2D eigenvalue weighted by Gasteiger charge is 2.10. The number of aromatic carboxylic acids is 1. The zero-order chi connectivity index (χ0) is 14.7. The van der Waals surface area contributed by atoms with Gasteiger partial charge < -0.3 is 14.6 Å². The lowest BCUT2D eigenvalue weighted by molar-refractivity contribution is -0.135. The Balaban J connectivity index is 2.49. The van der Waals surface area contributed by atoms with Crippen LogP contribution in [0.15, 0.2) is 33.5 Å². The number of hydrogen-bond donors (Lipinski definition) is 2. The first kappa shape index (κ1) is 13.4. The summed E-state index contributed by atoms with van der Waals surface area (Å²) in [5.41, 5.74) is 0.0957. The van der Waals surface area contributed by atoms with E-state index in [4.69, 9.17) is 14.6 Å². The van der Waals surface area contributed by atoms with E-state index in [0.29, 0.717) is 5.56 Å². The average Bonchev–Trinajstić information content (AvgIpc) is 2.38. The standard InChI is InChI=1S/C14H8O6/c15-10-7-12(14(18)19)20-11-5-4-8(6-9(10)11)2-1-3-13(16)17/h4-7H,3H2,(H,16,17)(H,18,19). The lowest BCUT2D eigenvalue weighted by Gasteiger charge is -1.99. The molecule has 0 atom stereocenters. The van der Waals surface area contributed by atoms with Gasteiger partial charge in [-0.15, -0.1) is 0 Å². The summed E-state index contributed by atoms with van der Waals surface area (Å²) in [6.07, 6.45) is -0.301. The third-order valence-corrected chi connectivity index (χ3v) is 2.41. The van der Waals surface area contributed by atoms with Crippen LogP contribution in [0, 0.1) is 11.8 Å². The SMILES string of the molecule is O=C(O)CC#Cc1ccc2oc(C(=O)O)cc(=O)c2c1. The molecule has 0 fully saturated rings. The van der Waals surface area contributed by atoms with Crippen molar-refractivity contribution in [3.8, 4) is 11.8 Å². The van der Waals surface area contributed by atoms with Gasteiger partial charge in [0.25, 0.3) is 0 Å². The van der Waals surface area contributed by atoms with Crippen LogP contribution in [-0.4, -0.2) is 22.2 Å². The number of benzene rings is 1. The Morgan fingerprint density at radius 3 is 2.60 bits per heavy atom. The number of aliphatic carboxylic acids is 1. The Labute approximate surface area is 112 Å². The van der Waals surface area contributed by atoms with Crippen molar-refractivity contribution in [1.82, 2.24) is 0 Å². The summed E-state index contributed by atoms with van der Waals surface area (Å²) >= 11 is 0. The Morgan fingerprint density at radius 1 is 1.20 bits per heavy atom. The van der Waals surface area contributed by atoms with Crippen LogP contribution in [0.1, 0.15) is 22.5 Å². The molecule has 0 aliphatic heterocycles. The van der Waals surface area contributed by atoms with Gasteiger partial charge in [-0.2, -0.15) is 0 Å². The number of hydrogen-bond acceptors (Lipinski definition) is 4. The minimum atomic E-state index is -1.32. The van der Waals surface area contributed by atoms with Crippen LogP contribution >= 0.6 is 0 Å². The quantitative estimate of drug-likeness (QED) is 0.799. The highest BCUT2D eigenvalue weighted by atomic mass is 16.4. The van der Waals surface area contributed by atoms with Crippen molar-refractivity contribution in [3.05, 3.63) is 45.8 Å². The van der Waals surface area contributed by atoms with Crippen LogP contribution in [0.25, 0.3) is 11.0 Å². The zero-order valence-electron chi connectivity index (χ0n) is 10.0. The number of carboxylic acid groups (broad SMARTS) is 2. The largest absolute Gasteiger partial charge is 0.481 e. The maximum Gasteiger partial charge on any atom is 0.371 e. The number of carboxylic acids is 2. The molecule has 1 heterocycles. The molecule has 6 heteroatoms. The zero-order valence-corrected chi connectivity index (χ0v) is 10.0. The van der Waals surface area contributed by atoms with Gasteiger partial charge in [-0.05, 0) is 18.2 Å². The van der Waals surface area contributed by atoms with Crippen molar-refractivity contribution >= 4 is 22.9 Å². The second kappa shape index (κ2) is 5.28. The molecule has 2 rings (SSSR count). The second-order valence-corrected chi connectivity index (χ2v) is 3.86. The van der Waals surface area contributed by atoms with E-state index in [1.54, 1.807) is 0 Å². The van der Waals surface area contributed by atoms with Crippen molar-refractivity contribution in [1.29, 1.82) is 0 Å². The van der Waals surface area contributed by atoms with E-state index in [-0.39, 0.29) is 17.4 Å². The van der Waals surface area contributed by atoms with E-state index in [2.05, 4.69) is 11.8 Å². The van der Waals surface area contributed by atoms with Gasteiger partial charge >= 0.3 is 11.9 Å². The first-order chi connectivity index (χ1) is 9.47. The molecule has 1 aromatic heterocycles. The summed E-state index contributed by atoms with van der Waals surface area (Å²) in [4.78, 5) is 32.9. The van der Waals surface area contributed by atoms with Crippen LogP contribution in [0.3, 0.4) is 0 Å². The van der Waals surface area contributed by atoms with E-state index in [1.807, 2.05) is 0 Å². The fourth-order valence-electron chi connectivity index (χ4n) is 1.56. The first-order valence-corrected chi connectivity index (χ1v) is 5.49. The molecule has 0 unspecified atom stereocenters. The lowest BCUT2D eigenvalue weighted by Crippen LogP contribution is -2.06. The van der Waals surface area contributed by atoms with Crippen LogP contribution in [0.5, 0.6) is 0 Å². The molecule has 0 saturated carbocycles. The highest BCUT2D eigenvalue weighted by molar-refractivity contribution is 5.87. The molecule has 2 N–H and O–H groups in total. The normalized spacial score (nSPS) is 9.80. The molecule has 0 aliphatic carbocycles. The molecule has 0 spiro atoms. The van der Waals surface area contributed by atoms with Gasteiger partial charge in [-0.25, -0.2) is 4.79 Å². The number of carbonyl (C=O) groups is 2. The molecule has 2 aromatic rings. The number of rotatable bonds is 2. The van der Waals surface area contributed by atoms with Crippen LogP contribution in [0.4, 0.5) is 0 Å². The Kier molecular flexibility index (Phi) is 3.53. The Bertz CT molecular complexity index is 819. The molecular formula is C14H8O6. The van der Waals surface area contributed by atoms with Crippen molar-refractivity contribution in [2.75, 3.05) is 0 Å². The van der Waals surface area contributed by atoms with E-state index in [9.17, 15) is 14.4 Å². The van der Waals surface area contributed by atoms with Crippen LogP contribution in [0.2, 0.25) is 0 Å². The van der Waals surface area contributed by atoms with E-state index >= 15 is 0 Å². The van der Waals surface area contributed by atoms with Crippen LogP contribution in [-0.2, 0) is 4.79 Å². The first-order valence-electron chi connectivity index (χ1n) is 5.49. The second-order valence-electron chi connectivity index (χ2n) is 3.86. The highest BCUT2D eigenvalue weighted by Crippen LogP contribution is 2.14. The van der Waals surface area contributed by atoms with Crippen molar-refractivity contribution in [2.24, 2.45) is 0 Å². The lowest BCUT2D eigenvalue weighted by atomic mass is 10.1. The van der Waals surface area contributed by atoms with Gasteiger partial charge in [-0.1, -0.05) is 11.8 Å². The molecule has 0 radical (unpaired) electrons. The molecule has 1 aromatic carbocycles. The predicted octanol–water partition coefficient (Wildman–Crippen LogP) is 1.32. The van der Waals surface area contributed by atoms with Crippen molar-refractivity contribution in [2.45, 2.75) is 6.42 Å². The van der Waals surface area contributed by atoms with Gasteiger partial charge in [0.1, 0.15) is 12.0 Å². The van der Waals surface area contributed by atoms with Crippen LogP contribution < -0.4 is 5.43 Å². The Morgan fingerprint density at radius 2 is 1.95 bits per heavy atom. The van der Waals surface area contributed by atoms with Gasteiger partial charge in [-0.3, -0.25) is 9.59 Å². The molecule has 0 aliphatic rings. The molecule has 0 bridgehead atoms.